The zero-order chi connectivity index (χ0) is 34.3. The fraction of sp³-hybridized carbons (Fsp3) is 0.154. The average molecular weight is 783 g/mol. The van der Waals surface area contributed by atoms with Crippen molar-refractivity contribution in [2.75, 3.05) is 43.6 Å². The van der Waals surface area contributed by atoms with Crippen LogP contribution in [-0.2, 0) is 0 Å². The molecule has 6 aromatic carbocycles. The number of hydrogen-bond acceptors (Lipinski definition) is 8. The van der Waals surface area contributed by atoms with E-state index in [0.29, 0.717) is 73.4 Å². The Morgan fingerprint density at radius 3 is 1.49 bits per heavy atom. The van der Waals surface area contributed by atoms with Crippen molar-refractivity contribution in [2.24, 2.45) is 0 Å². The number of benzene rings is 6. The molecule has 0 saturated carbocycles. The fourth-order valence-electron chi connectivity index (χ4n) is 5.57. The Morgan fingerprint density at radius 1 is 0.510 bits per heavy atom. The molecule has 6 N–H and O–H groups in total. The molecule has 0 atom stereocenters. The summed E-state index contributed by atoms with van der Waals surface area (Å²) in [5.74, 6) is 2.50. The van der Waals surface area contributed by atoms with Gasteiger partial charge in [0.15, 0.2) is 0 Å². The van der Waals surface area contributed by atoms with E-state index in [9.17, 15) is 5.26 Å². The van der Waals surface area contributed by atoms with E-state index in [0.717, 1.165) is 53.1 Å². The summed E-state index contributed by atoms with van der Waals surface area (Å²) in [7, 11) is 0. The molecule has 10 heteroatoms. The Bertz CT molecular complexity index is 2180. The van der Waals surface area contributed by atoms with Crippen molar-refractivity contribution in [1.29, 1.82) is 5.26 Å². The molecule has 6 rings (SSSR count). The van der Waals surface area contributed by atoms with E-state index in [2.05, 4.69) is 74.3 Å². The zero-order valence-electron chi connectivity index (χ0n) is 26.5. The maximum atomic E-state index is 9.24. The lowest BCUT2D eigenvalue weighted by Gasteiger charge is -2.20. The average Bonchev–Trinajstić information content (AvgIpc) is 3.10. The SMILES string of the molecule is N#Cc1ccc(N)c(OCCCOc2ccc3cc(Br)ccc3c2-c2c(OCCCOc3cc(N)ccc3N)ccc3cc(Br)ccc23)c1. The van der Waals surface area contributed by atoms with E-state index in [1.54, 1.807) is 36.4 Å². The highest BCUT2D eigenvalue weighted by Gasteiger charge is 2.20. The van der Waals surface area contributed by atoms with Gasteiger partial charge in [-0.05, 0) is 82.2 Å². The van der Waals surface area contributed by atoms with E-state index in [1.165, 1.54) is 0 Å². The number of hydrogen-bond donors (Lipinski definition) is 3. The van der Waals surface area contributed by atoms with Crippen LogP contribution in [0, 0.1) is 11.3 Å². The molecular formula is C39H34Br2N4O4. The van der Waals surface area contributed by atoms with Crippen molar-refractivity contribution in [2.45, 2.75) is 12.8 Å². The minimum atomic E-state index is 0.370. The Morgan fingerprint density at radius 2 is 0.980 bits per heavy atom. The lowest BCUT2D eigenvalue weighted by molar-refractivity contribution is 0.247. The zero-order valence-corrected chi connectivity index (χ0v) is 29.7. The van der Waals surface area contributed by atoms with Crippen LogP contribution in [0.4, 0.5) is 17.1 Å². The van der Waals surface area contributed by atoms with Gasteiger partial charge < -0.3 is 36.1 Å². The van der Waals surface area contributed by atoms with E-state index < -0.39 is 0 Å². The molecule has 0 amide bonds. The minimum absolute atomic E-state index is 0.370. The van der Waals surface area contributed by atoms with Gasteiger partial charge in [0.25, 0.3) is 0 Å². The third-order valence-corrected chi connectivity index (χ3v) is 8.91. The molecule has 0 aliphatic heterocycles. The number of anilines is 3. The smallest absolute Gasteiger partial charge is 0.144 e. The summed E-state index contributed by atoms with van der Waals surface area (Å²) in [5.41, 5.74) is 22.0. The summed E-state index contributed by atoms with van der Waals surface area (Å²) in [6.07, 6.45) is 1.22. The topological polar surface area (TPSA) is 139 Å². The third-order valence-electron chi connectivity index (χ3n) is 7.93. The van der Waals surface area contributed by atoms with Crippen LogP contribution in [-0.4, -0.2) is 26.4 Å². The number of halogens is 2. The van der Waals surface area contributed by atoms with Crippen molar-refractivity contribution >= 4 is 70.5 Å². The second-order valence-electron chi connectivity index (χ2n) is 11.4. The molecule has 0 aromatic heterocycles. The van der Waals surface area contributed by atoms with Gasteiger partial charge in [-0.2, -0.15) is 5.26 Å². The van der Waals surface area contributed by atoms with Gasteiger partial charge in [-0.15, -0.1) is 0 Å². The molecule has 0 fully saturated rings. The molecule has 0 spiro atoms. The minimum Gasteiger partial charge on any atom is -0.493 e. The summed E-state index contributed by atoms with van der Waals surface area (Å²) >= 11 is 7.26. The third kappa shape index (κ3) is 7.96. The summed E-state index contributed by atoms with van der Waals surface area (Å²) in [6.45, 7) is 1.59. The number of rotatable bonds is 13. The molecule has 0 bridgehead atoms. The molecular weight excluding hydrogens is 748 g/mol. The van der Waals surface area contributed by atoms with Crippen molar-refractivity contribution < 1.29 is 18.9 Å². The van der Waals surface area contributed by atoms with Crippen LogP contribution in [0.5, 0.6) is 23.0 Å². The first-order chi connectivity index (χ1) is 23.8. The van der Waals surface area contributed by atoms with Crippen molar-refractivity contribution in [1.82, 2.24) is 0 Å². The quantitative estimate of drug-likeness (QED) is 0.0778. The molecule has 0 aliphatic rings. The van der Waals surface area contributed by atoms with Gasteiger partial charge in [-0.3, -0.25) is 0 Å². The number of nitrogen functional groups attached to an aromatic ring is 3. The van der Waals surface area contributed by atoms with E-state index >= 15 is 0 Å². The van der Waals surface area contributed by atoms with E-state index in [-0.39, 0.29) is 0 Å². The highest BCUT2D eigenvalue weighted by atomic mass is 79.9. The summed E-state index contributed by atoms with van der Waals surface area (Å²) in [4.78, 5) is 0. The van der Waals surface area contributed by atoms with E-state index in [1.807, 2.05) is 24.3 Å². The first kappa shape index (κ1) is 33.8. The Balaban J connectivity index is 1.28. The second kappa shape index (κ2) is 15.4. The van der Waals surface area contributed by atoms with Gasteiger partial charge >= 0.3 is 0 Å². The fourth-order valence-corrected chi connectivity index (χ4v) is 6.33. The predicted molar refractivity (Wildman–Crippen MR) is 204 cm³/mol. The molecule has 0 aliphatic carbocycles. The van der Waals surface area contributed by atoms with Gasteiger partial charge in [0.2, 0.25) is 0 Å². The van der Waals surface area contributed by atoms with Crippen LogP contribution < -0.4 is 36.1 Å². The normalized spacial score (nSPS) is 11.0. The van der Waals surface area contributed by atoms with Gasteiger partial charge in [0, 0.05) is 50.7 Å². The summed E-state index contributed by atoms with van der Waals surface area (Å²) in [6, 6.07) is 32.9. The summed E-state index contributed by atoms with van der Waals surface area (Å²) < 4.78 is 26.8. The second-order valence-corrected chi connectivity index (χ2v) is 13.2. The van der Waals surface area contributed by atoms with Gasteiger partial charge in [0.05, 0.1) is 49.4 Å². The van der Waals surface area contributed by atoms with E-state index in [4.69, 9.17) is 36.1 Å². The Hall–Kier alpha value is -5.11. The largest absolute Gasteiger partial charge is 0.493 e. The molecule has 0 saturated heterocycles. The van der Waals surface area contributed by atoms with Crippen molar-refractivity contribution in [3.8, 4) is 40.2 Å². The van der Waals surface area contributed by atoms with Gasteiger partial charge in [0.1, 0.15) is 23.0 Å². The molecule has 0 unspecified atom stereocenters. The number of nitriles is 1. The first-order valence-electron chi connectivity index (χ1n) is 15.7. The number of ether oxygens (including phenoxy) is 4. The summed E-state index contributed by atoms with van der Waals surface area (Å²) in [5, 5.41) is 13.4. The number of nitrogens with zero attached hydrogens (tertiary/aromatic N) is 1. The highest BCUT2D eigenvalue weighted by molar-refractivity contribution is 9.10. The van der Waals surface area contributed by atoms with Crippen LogP contribution in [0.1, 0.15) is 18.4 Å². The number of fused-ring (bicyclic) bond motifs is 2. The molecule has 248 valence electrons. The number of nitrogens with two attached hydrogens (primary N) is 3. The van der Waals surface area contributed by atoms with Gasteiger partial charge in [-0.25, -0.2) is 0 Å². The monoisotopic (exact) mass is 780 g/mol. The van der Waals surface area contributed by atoms with Crippen molar-refractivity contribution in [3.63, 3.8) is 0 Å². The molecule has 6 aromatic rings. The molecule has 49 heavy (non-hydrogen) atoms. The molecule has 0 heterocycles. The van der Waals surface area contributed by atoms with Gasteiger partial charge in [-0.1, -0.05) is 56.1 Å². The Kier molecular flexibility index (Phi) is 10.6. The lowest BCUT2D eigenvalue weighted by Crippen LogP contribution is -2.08. The van der Waals surface area contributed by atoms with Crippen LogP contribution in [0.25, 0.3) is 32.7 Å². The highest BCUT2D eigenvalue weighted by Crippen LogP contribution is 2.46. The lowest BCUT2D eigenvalue weighted by atomic mass is 9.92. The van der Waals surface area contributed by atoms with Crippen LogP contribution in [0.2, 0.25) is 0 Å². The van der Waals surface area contributed by atoms with Crippen LogP contribution >= 0.6 is 31.9 Å². The Labute approximate surface area is 301 Å². The first-order valence-corrected chi connectivity index (χ1v) is 17.3. The maximum Gasteiger partial charge on any atom is 0.144 e. The van der Waals surface area contributed by atoms with Crippen molar-refractivity contribution in [3.05, 3.63) is 112 Å². The maximum absolute atomic E-state index is 9.24. The predicted octanol–water partition coefficient (Wildman–Crippen LogP) is 9.50. The van der Waals surface area contributed by atoms with Crippen LogP contribution in [0.15, 0.2) is 106 Å². The van der Waals surface area contributed by atoms with Crippen LogP contribution in [0.3, 0.4) is 0 Å². The standard InChI is InChI=1S/C39H34Br2N4O4/c40-27-6-9-30-25(20-27)4-13-34(46-15-1-17-48-36-19-24(23-42)3-11-32(36)44)38(30)39-31-10-7-28(41)21-26(31)5-14-35(39)47-16-2-18-49-37-22-29(43)8-12-33(37)45/h3-14,19-22H,1-2,15-18,43-45H2. The molecule has 0 radical (unpaired) electrons. The molecule has 8 nitrogen and oxygen atoms in total.